The van der Waals surface area contributed by atoms with E-state index in [-0.39, 0.29) is 24.8 Å². The van der Waals surface area contributed by atoms with Gasteiger partial charge in [-0.1, -0.05) is 35.2 Å². The monoisotopic (exact) mass is 439 g/mol. The summed E-state index contributed by atoms with van der Waals surface area (Å²) < 4.78 is 23.1. The molecule has 0 aliphatic rings. The van der Waals surface area contributed by atoms with Gasteiger partial charge in [0, 0.05) is 13.6 Å². The van der Waals surface area contributed by atoms with Crippen molar-refractivity contribution in [1.29, 1.82) is 0 Å². The third kappa shape index (κ3) is 5.25. The van der Waals surface area contributed by atoms with E-state index in [0.717, 1.165) is 10.4 Å². The molecule has 2 aromatic heterocycles. The number of hydrogen-bond donors (Lipinski definition) is 0. The normalized spacial score (nSPS) is 11.7. The minimum absolute atomic E-state index is 0.0514. The largest absolute Gasteiger partial charge is 0.382 e. The highest BCUT2D eigenvalue weighted by atomic mass is 35.5. The summed E-state index contributed by atoms with van der Waals surface area (Å²) in [6.45, 7) is 4.57. The lowest BCUT2D eigenvalue weighted by molar-refractivity contribution is 0.0985. The quantitative estimate of drug-likeness (QED) is 0.348. The predicted octanol–water partition coefficient (Wildman–Crippen LogP) is 3.77. The summed E-state index contributed by atoms with van der Waals surface area (Å²) >= 11 is 6.14. The van der Waals surface area contributed by atoms with Crippen molar-refractivity contribution < 1.29 is 18.5 Å². The van der Waals surface area contributed by atoms with Crippen molar-refractivity contribution in [2.24, 2.45) is 0 Å². The number of fused-ring (bicyclic) bond motifs is 1. The highest BCUT2D eigenvalue weighted by Crippen LogP contribution is 2.47. The van der Waals surface area contributed by atoms with Crippen LogP contribution >= 0.6 is 19.2 Å². The van der Waals surface area contributed by atoms with Crippen molar-refractivity contribution in [3.63, 3.8) is 0 Å². The van der Waals surface area contributed by atoms with Gasteiger partial charge in [-0.3, -0.25) is 4.57 Å². The minimum atomic E-state index is -3.40. The van der Waals surface area contributed by atoms with Gasteiger partial charge in [-0.05, 0) is 31.0 Å². The molecule has 0 aliphatic carbocycles. The highest BCUT2D eigenvalue weighted by Gasteiger charge is 2.26. The maximum atomic E-state index is 12.6. The van der Waals surface area contributed by atoms with Crippen LogP contribution in [0.4, 0.5) is 5.82 Å². The Morgan fingerprint density at radius 1 is 1.14 bits per heavy atom. The van der Waals surface area contributed by atoms with Crippen LogP contribution in [-0.2, 0) is 20.2 Å². The maximum Gasteiger partial charge on any atom is 0.370 e. The SMILES string of the molecule is CCOP(=O)(COn1ncc2c(N(C)Cc3ccccc3)nc(Cl)nc21)OCC. The summed E-state index contributed by atoms with van der Waals surface area (Å²) in [6, 6.07) is 9.98. The van der Waals surface area contributed by atoms with Crippen LogP contribution in [-0.4, -0.2) is 46.5 Å². The van der Waals surface area contributed by atoms with Crippen LogP contribution in [0.1, 0.15) is 19.4 Å². The number of aromatic nitrogens is 4. The second-order valence-corrected chi connectivity index (χ2v) is 8.45. The molecule has 0 saturated heterocycles. The molecule has 0 atom stereocenters. The zero-order chi connectivity index (χ0) is 20.9. The molecule has 0 fully saturated rings. The first kappa shape index (κ1) is 21.5. The first-order valence-electron chi connectivity index (χ1n) is 9.13. The van der Waals surface area contributed by atoms with E-state index in [1.54, 1.807) is 20.0 Å². The maximum absolute atomic E-state index is 12.6. The van der Waals surface area contributed by atoms with Gasteiger partial charge in [-0.25, -0.2) is 0 Å². The van der Waals surface area contributed by atoms with Crippen molar-refractivity contribution in [3.05, 3.63) is 47.4 Å². The van der Waals surface area contributed by atoms with E-state index in [1.165, 1.54) is 0 Å². The van der Waals surface area contributed by atoms with Gasteiger partial charge in [-0.15, -0.1) is 5.10 Å². The van der Waals surface area contributed by atoms with Gasteiger partial charge in [0.25, 0.3) is 0 Å². The van der Waals surface area contributed by atoms with E-state index in [9.17, 15) is 4.57 Å². The topological polar surface area (TPSA) is 91.6 Å². The Morgan fingerprint density at radius 3 is 2.48 bits per heavy atom. The van der Waals surface area contributed by atoms with Crippen LogP contribution in [0.15, 0.2) is 36.5 Å². The second kappa shape index (κ2) is 9.54. The summed E-state index contributed by atoms with van der Waals surface area (Å²) in [6.07, 6.45) is 1.27. The van der Waals surface area contributed by atoms with Crippen molar-refractivity contribution >= 4 is 36.0 Å². The Kier molecular flexibility index (Phi) is 7.08. The molecular formula is C18H23ClN5O4P. The Morgan fingerprint density at radius 2 is 1.83 bits per heavy atom. The standard InChI is InChI=1S/C18H23ClN5O4P/c1-4-27-29(25,28-5-2)13-26-24-17-15(11-20-24)16(21-18(19)22-17)23(3)12-14-9-7-6-8-10-14/h6-11H,4-5,12-13H2,1-3H3. The molecule has 0 spiro atoms. The van der Waals surface area contributed by atoms with Crippen molar-refractivity contribution in [3.8, 4) is 0 Å². The van der Waals surface area contributed by atoms with Crippen LogP contribution in [0.3, 0.4) is 0 Å². The molecular weight excluding hydrogens is 417 g/mol. The Hall–Kier alpha value is -2.19. The number of halogens is 1. The third-order valence-corrected chi connectivity index (χ3v) is 5.87. The van der Waals surface area contributed by atoms with E-state index in [0.29, 0.717) is 23.4 Å². The van der Waals surface area contributed by atoms with E-state index >= 15 is 0 Å². The van der Waals surface area contributed by atoms with Crippen molar-refractivity contribution in [2.75, 3.05) is 31.5 Å². The van der Waals surface area contributed by atoms with E-state index in [2.05, 4.69) is 15.1 Å². The Labute approximate surface area is 174 Å². The molecule has 0 unspecified atom stereocenters. The lowest BCUT2D eigenvalue weighted by atomic mass is 10.2. The molecule has 3 rings (SSSR count). The second-order valence-electron chi connectivity index (χ2n) is 6.12. The molecule has 29 heavy (non-hydrogen) atoms. The average molecular weight is 440 g/mol. The number of anilines is 1. The zero-order valence-corrected chi connectivity index (χ0v) is 18.1. The predicted molar refractivity (Wildman–Crippen MR) is 111 cm³/mol. The fourth-order valence-electron chi connectivity index (χ4n) is 2.79. The minimum Gasteiger partial charge on any atom is -0.382 e. The first-order valence-corrected chi connectivity index (χ1v) is 11.2. The summed E-state index contributed by atoms with van der Waals surface area (Å²) in [5, 5.41) is 4.88. The van der Waals surface area contributed by atoms with Gasteiger partial charge >= 0.3 is 7.60 Å². The lowest BCUT2D eigenvalue weighted by Crippen LogP contribution is -2.19. The zero-order valence-electron chi connectivity index (χ0n) is 16.5. The first-order chi connectivity index (χ1) is 14.0. The third-order valence-electron chi connectivity index (χ3n) is 3.96. The van der Waals surface area contributed by atoms with Crippen LogP contribution in [0.5, 0.6) is 0 Å². The summed E-state index contributed by atoms with van der Waals surface area (Å²) in [5.41, 5.74) is 1.48. The van der Waals surface area contributed by atoms with Gasteiger partial charge < -0.3 is 18.8 Å². The number of nitrogens with zero attached hydrogens (tertiary/aromatic N) is 5. The van der Waals surface area contributed by atoms with Gasteiger partial charge in [-0.2, -0.15) is 9.97 Å². The summed E-state index contributed by atoms with van der Waals surface area (Å²) in [4.78, 5) is 17.2. The van der Waals surface area contributed by atoms with Crippen LogP contribution in [0.25, 0.3) is 11.0 Å². The molecule has 0 N–H and O–H groups in total. The summed E-state index contributed by atoms with van der Waals surface area (Å²) in [5.74, 6) is 0.608. The van der Waals surface area contributed by atoms with Crippen LogP contribution in [0, 0.1) is 0 Å². The molecule has 11 heteroatoms. The van der Waals surface area contributed by atoms with E-state index in [4.69, 9.17) is 25.5 Å². The van der Waals surface area contributed by atoms with E-state index < -0.39 is 7.60 Å². The smallest absolute Gasteiger partial charge is 0.370 e. The molecule has 9 nitrogen and oxygen atoms in total. The van der Waals surface area contributed by atoms with Gasteiger partial charge in [0.1, 0.15) is 5.82 Å². The lowest BCUT2D eigenvalue weighted by Gasteiger charge is -2.19. The Bertz CT molecular complexity index is 991. The summed E-state index contributed by atoms with van der Waals surface area (Å²) in [7, 11) is -1.49. The van der Waals surface area contributed by atoms with Crippen molar-refractivity contribution in [1.82, 2.24) is 19.9 Å². The molecule has 0 aliphatic heterocycles. The van der Waals surface area contributed by atoms with Gasteiger partial charge in [0.15, 0.2) is 0 Å². The number of rotatable bonds is 10. The molecule has 0 bridgehead atoms. The number of benzene rings is 1. The average Bonchev–Trinajstić information content (AvgIpc) is 3.09. The number of hydrogen-bond acceptors (Lipinski definition) is 8. The fourth-order valence-corrected chi connectivity index (χ4v) is 4.22. The fraction of sp³-hybridized carbons (Fsp3) is 0.389. The highest BCUT2D eigenvalue weighted by molar-refractivity contribution is 7.53. The Balaban J connectivity index is 1.86. The molecule has 1 aromatic carbocycles. The molecule has 0 radical (unpaired) electrons. The van der Waals surface area contributed by atoms with Crippen LogP contribution < -0.4 is 9.74 Å². The van der Waals surface area contributed by atoms with Gasteiger partial charge in [0.2, 0.25) is 17.3 Å². The molecule has 2 heterocycles. The van der Waals surface area contributed by atoms with Crippen molar-refractivity contribution in [2.45, 2.75) is 20.4 Å². The molecule has 0 saturated carbocycles. The van der Waals surface area contributed by atoms with Gasteiger partial charge in [0.05, 0.1) is 24.8 Å². The van der Waals surface area contributed by atoms with E-state index in [1.807, 2.05) is 42.3 Å². The molecule has 156 valence electrons. The molecule has 0 amide bonds. The van der Waals surface area contributed by atoms with Crippen LogP contribution in [0.2, 0.25) is 5.28 Å². The molecule has 3 aromatic rings.